The van der Waals surface area contributed by atoms with E-state index in [1.54, 1.807) is 18.2 Å². The molecule has 2 aromatic rings. The van der Waals surface area contributed by atoms with Gasteiger partial charge in [-0.05, 0) is 37.1 Å². The van der Waals surface area contributed by atoms with Crippen molar-refractivity contribution in [2.24, 2.45) is 11.7 Å². The van der Waals surface area contributed by atoms with E-state index in [4.69, 9.17) is 34.7 Å². The first-order valence-electron chi connectivity index (χ1n) is 6.99. The van der Waals surface area contributed by atoms with Crippen LogP contribution in [0.25, 0.3) is 11.4 Å². The Balaban J connectivity index is 1.98. The molecule has 0 aliphatic carbocycles. The fourth-order valence-electron chi connectivity index (χ4n) is 2.52. The molecule has 4 N–H and O–H groups in total. The smallest absolute Gasteiger partial charge is 0.230 e. The van der Waals surface area contributed by atoms with Gasteiger partial charge in [0.2, 0.25) is 11.9 Å². The lowest BCUT2D eigenvalue weighted by Crippen LogP contribution is -2.25. The molecule has 1 unspecified atom stereocenters. The molecule has 6 nitrogen and oxygen atoms in total. The Labute approximate surface area is 138 Å². The zero-order valence-electron chi connectivity index (χ0n) is 11.8. The highest BCUT2D eigenvalue weighted by Gasteiger charge is 2.24. The van der Waals surface area contributed by atoms with Crippen LogP contribution in [0.2, 0.25) is 10.0 Å². The number of rotatable bonds is 3. The Morgan fingerprint density at radius 3 is 2.77 bits per heavy atom. The molecule has 1 aliphatic rings. The average Bonchev–Trinajstić information content (AvgIpc) is 2.98. The van der Waals surface area contributed by atoms with Gasteiger partial charge in [-0.3, -0.25) is 0 Å². The van der Waals surface area contributed by atoms with Gasteiger partial charge in [0, 0.05) is 23.7 Å². The van der Waals surface area contributed by atoms with Crippen molar-refractivity contribution < 1.29 is 0 Å². The fourth-order valence-corrected chi connectivity index (χ4v) is 2.89. The first-order chi connectivity index (χ1) is 10.6. The van der Waals surface area contributed by atoms with Gasteiger partial charge in [0.1, 0.15) is 0 Å². The third kappa shape index (κ3) is 3.09. The SMILES string of the molecule is NCC1CCN(c2nc(N)nc(-c3cc(Cl)ccc3Cl)n2)C1. The largest absolute Gasteiger partial charge is 0.368 e. The summed E-state index contributed by atoms with van der Waals surface area (Å²) < 4.78 is 0. The van der Waals surface area contributed by atoms with Crippen LogP contribution in [-0.4, -0.2) is 34.6 Å². The topological polar surface area (TPSA) is 94.0 Å². The number of anilines is 2. The number of aromatic nitrogens is 3. The van der Waals surface area contributed by atoms with Gasteiger partial charge in [0.05, 0.1) is 5.02 Å². The van der Waals surface area contributed by atoms with Crippen molar-refractivity contribution in [1.29, 1.82) is 0 Å². The molecule has 8 heteroatoms. The van der Waals surface area contributed by atoms with E-state index in [-0.39, 0.29) is 5.95 Å². The van der Waals surface area contributed by atoms with Crippen LogP contribution in [-0.2, 0) is 0 Å². The highest BCUT2D eigenvalue weighted by Crippen LogP contribution is 2.30. The predicted molar refractivity (Wildman–Crippen MR) is 89.1 cm³/mol. The molecule has 1 saturated heterocycles. The maximum atomic E-state index is 6.21. The molecule has 0 saturated carbocycles. The van der Waals surface area contributed by atoms with Gasteiger partial charge in [0.25, 0.3) is 0 Å². The van der Waals surface area contributed by atoms with E-state index in [2.05, 4.69) is 19.9 Å². The fraction of sp³-hybridized carbons (Fsp3) is 0.357. The molecule has 22 heavy (non-hydrogen) atoms. The minimum Gasteiger partial charge on any atom is -0.368 e. The number of nitrogen functional groups attached to an aromatic ring is 1. The van der Waals surface area contributed by atoms with E-state index in [1.807, 2.05) is 0 Å². The minimum absolute atomic E-state index is 0.159. The lowest BCUT2D eigenvalue weighted by atomic mass is 10.1. The van der Waals surface area contributed by atoms with Gasteiger partial charge in [-0.2, -0.15) is 15.0 Å². The number of nitrogens with two attached hydrogens (primary N) is 2. The van der Waals surface area contributed by atoms with E-state index >= 15 is 0 Å². The van der Waals surface area contributed by atoms with Crippen molar-refractivity contribution in [1.82, 2.24) is 15.0 Å². The molecule has 1 atom stereocenters. The number of halogens is 2. The van der Waals surface area contributed by atoms with Crippen LogP contribution >= 0.6 is 23.2 Å². The van der Waals surface area contributed by atoms with E-state index in [0.717, 1.165) is 19.5 Å². The molecular formula is C14H16Cl2N6. The summed E-state index contributed by atoms with van der Waals surface area (Å²) in [4.78, 5) is 15.0. The first kappa shape index (κ1) is 15.3. The van der Waals surface area contributed by atoms with E-state index in [9.17, 15) is 0 Å². The highest BCUT2D eigenvalue weighted by molar-refractivity contribution is 6.35. The predicted octanol–water partition coefficient (Wildman–Crippen LogP) is 2.21. The third-order valence-electron chi connectivity index (χ3n) is 3.71. The van der Waals surface area contributed by atoms with Crippen molar-refractivity contribution in [2.45, 2.75) is 6.42 Å². The standard InChI is InChI=1S/C14H16Cl2N6/c15-9-1-2-11(16)10(5-9)12-19-13(18)21-14(20-12)22-4-3-8(6-17)7-22/h1-2,5,8H,3-4,6-7,17H2,(H2,18,19,20,21). The monoisotopic (exact) mass is 338 g/mol. The lowest BCUT2D eigenvalue weighted by Gasteiger charge is -2.17. The van der Waals surface area contributed by atoms with Gasteiger partial charge >= 0.3 is 0 Å². The molecule has 2 heterocycles. The van der Waals surface area contributed by atoms with Crippen LogP contribution in [0.3, 0.4) is 0 Å². The number of benzene rings is 1. The molecule has 1 aromatic heterocycles. The second-order valence-electron chi connectivity index (χ2n) is 5.28. The zero-order valence-corrected chi connectivity index (χ0v) is 13.3. The maximum absolute atomic E-state index is 6.21. The van der Waals surface area contributed by atoms with Gasteiger partial charge in [0.15, 0.2) is 5.82 Å². The summed E-state index contributed by atoms with van der Waals surface area (Å²) >= 11 is 12.2. The molecule has 3 rings (SSSR count). The van der Waals surface area contributed by atoms with Crippen molar-refractivity contribution in [3.8, 4) is 11.4 Å². The van der Waals surface area contributed by atoms with Gasteiger partial charge in [-0.25, -0.2) is 0 Å². The quantitative estimate of drug-likeness (QED) is 0.890. The van der Waals surface area contributed by atoms with E-state index < -0.39 is 0 Å². The molecule has 0 radical (unpaired) electrons. The summed E-state index contributed by atoms with van der Waals surface area (Å²) in [6, 6.07) is 5.14. The Hall–Kier alpha value is -1.63. The second-order valence-corrected chi connectivity index (χ2v) is 6.12. The molecule has 116 valence electrons. The van der Waals surface area contributed by atoms with Crippen LogP contribution in [0.4, 0.5) is 11.9 Å². The van der Waals surface area contributed by atoms with Crippen LogP contribution in [0.1, 0.15) is 6.42 Å². The number of hydrogen-bond donors (Lipinski definition) is 2. The molecule has 0 amide bonds. The Bertz CT molecular complexity index is 693. The van der Waals surface area contributed by atoms with Crippen LogP contribution in [0, 0.1) is 5.92 Å². The lowest BCUT2D eigenvalue weighted by molar-refractivity contribution is 0.601. The minimum atomic E-state index is 0.159. The molecule has 0 bridgehead atoms. The number of nitrogens with zero attached hydrogens (tertiary/aromatic N) is 4. The third-order valence-corrected chi connectivity index (χ3v) is 4.28. The molecule has 1 aromatic carbocycles. The summed E-state index contributed by atoms with van der Waals surface area (Å²) in [5.74, 6) is 1.59. The second kappa shape index (κ2) is 6.24. The Morgan fingerprint density at radius 1 is 1.23 bits per heavy atom. The molecule has 1 fully saturated rings. The van der Waals surface area contributed by atoms with E-state index in [0.29, 0.717) is 39.8 Å². The molecular weight excluding hydrogens is 323 g/mol. The van der Waals surface area contributed by atoms with Gasteiger partial charge in [-0.1, -0.05) is 23.2 Å². The Morgan fingerprint density at radius 2 is 2.05 bits per heavy atom. The van der Waals surface area contributed by atoms with Crippen LogP contribution < -0.4 is 16.4 Å². The summed E-state index contributed by atoms with van der Waals surface area (Å²) in [6.45, 7) is 2.33. The summed E-state index contributed by atoms with van der Waals surface area (Å²) in [7, 11) is 0. The maximum Gasteiger partial charge on any atom is 0.230 e. The van der Waals surface area contributed by atoms with E-state index in [1.165, 1.54) is 0 Å². The summed E-state index contributed by atoms with van der Waals surface area (Å²) in [5.41, 5.74) is 12.2. The van der Waals surface area contributed by atoms with Crippen LogP contribution in [0.5, 0.6) is 0 Å². The average molecular weight is 339 g/mol. The molecule has 0 spiro atoms. The normalized spacial score (nSPS) is 18.0. The first-order valence-corrected chi connectivity index (χ1v) is 7.74. The summed E-state index contributed by atoms with van der Waals surface area (Å²) in [6.07, 6.45) is 1.02. The van der Waals surface area contributed by atoms with Crippen molar-refractivity contribution in [2.75, 3.05) is 30.3 Å². The summed E-state index contributed by atoms with van der Waals surface area (Å²) in [5, 5.41) is 1.08. The van der Waals surface area contributed by atoms with Gasteiger partial charge < -0.3 is 16.4 Å². The number of hydrogen-bond acceptors (Lipinski definition) is 6. The van der Waals surface area contributed by atoms with Gasteiger partial charge in [-0.15, -0.1) is 0 Å². The van der Waals surface area contributed by atoms with Crippen LogP contribution in [0.15, 0.2) is 18.2 Å². The Kier molecular flexibility index (Phi) is 4.33. The van der Waals surface area contributed by atoms with Crippen molar-refractivity contribution in [3.63, 3.8) is 0 Å². The van der Waals surface area contributed by atoms with Crippen molar-refractivity contribution >= 4 is 35.1 Å². The van der Waals surface area contributed by atoms with Crippen molar-refractivity contribution in [3.05, 3.63) is 28.2 Å². The highest BCUT2D eigenvalue weighted by atomic mass is 35.5. The molecule has 1 aliphatic heterocycles. The zero-order chi connectivity index (χ0) is 15.7.